The van der Waals surface area contributed by atoms with Gasteiger partial charge < -0.3 is 5.32 Å². The molecule has 0 radical (unpaired) electrons. The quantitative estimate of drug-likeness (QED) is 0.788. The second kappa shape index (κ2) is 3.13. The van der Waals surface area contributed by atoms with Crippen LogP contribution in [-0.4, -0.2) is 29.6 Å². The topological polar surface area (TPSA) is 15.3 Å². The molecule has 1 N–H and O–H groups in total. The van der Waals surface area contributed by atoms with E-state index in [1.165, 1.54) is 57.3 Å². The number of rotatable bonds is 0. The average molecular weight is 292 g/mol. The minimum Gasteiger partial charge on any atom is -0.378 e. The van der Waals surface area contributed by atoms with Gasteiger partial charge in [-0.1, -0.05) is 18.2 Å². The lowest BCUT2D eigenvalue weighted by Gasteiger charge is -2.67. The Labute approximate surface area is 132 Å². The monoisotopic (exact) mass is 292 g/mol. The minimum absolute atomic E-state index is 0.417. The van der Waals surface area contributed by atoms with Gasteiger partial charge in [0.05, 0.1) is 5.54 Å². The third-order valence-corrected chi connectivity index (χ3v) is 9.00. The van der Waals surface area contributed by atoms with Crippen molar-refractivity contribution < 1.29 is 0 Å². The molecular formula is C20H24N2. The Kier molecular flexibility index (Phi) is 1.64. The van der Waals surface area contributed by atoms with Crippen molar-refractivity contribution in [3.05, 3.63) is 29.8 Å². The van der Waals surface area contributed by atoms with Crippen LogP contribution in [0, 0.1) is 17.3 Å². The van der Waals surface area contributed by atoms with E-state index >= 15 is 0 Å². The van der Waals surface area contributed by atoms with E-state index in [1.54, 1.807) is 5.56 Å². The summed E-state index contributed by atoms with van der Waals surface area (Å²) in [6, 6.07) is 10.2. The molecule has 1 aromatic carbocycles. The summed E-state index contributed by atoms with van der Waals surface area (Å²) in [5.41, 5.74) is 4.74. The van der Waals surface area contributed by atoms with E-state index < -0.39 is 0 Å². The Morgan fingerprint density at radius 2 is 2.05 bits per heavy atom. The highest BCUT2D eigenvalue weighted by Crippen LogP contribution is 2.80. The maximum atomic E-state index is 4.15. The van der Waals surface area contributed by atoms with Gasteiger partial charge in [0.2, 0.25) is 0 Å². The molecule has 2 nitrogen and oxygen atoms in total. The van der Waals surface area contributed by atoms with Crippen LogP contribution in [0.3, 0.4) is 0 Å². The highest BCUT2D eigenvalue weighted by Gasteiger charge is 2.83. The molecule has 2 saturated heterocycles. The number of piperidine rings is 1. The number of fused-ring (bicyclic) bond motifs is 2. The molecule has 1 aromatic rings. The van der Waals surface area contributed by atoms with Gasteiger partial charge in [0.15, 0.2) is 0 Å². The van der Waals surface area contributed by atoms with Gasteiger partial charge in [-0.05, 0) is 74.0 Å². The first-order valence-corrected chi connectivity index (χ1v) is 9.42. The molecule has 3 spiro atoms. The predicted molar refractivity (Wildman–Crippen MR) is 86.9 cm³/mol. The maximum absolute atomic E-state index is 4.15. The molecule has 3 aliphatic heterocycles. The zero-order valence-electron chi connectivity index (χ0n) is 13.1. The van der Waals surface area contributed by atoms with E-state index in [0.717, 1.165) is 17.9 Å². The molecule has 7 aliphatic rings. The molecule has 4 saturated carbocycles. The number of para-hydroxylation sites is 1. The predicted octanol–water partition coefficient (Wildman–Crippen LogP) is 3.39. The van der Waals surface area contributed by atoms with E-state index in [0.29, 0.717) is 16.4 Å². The van der Waals surface area contributed by atoms with Crippen molar-refractivity contribution in [2.75, 3.05) is 18.4 Å². The number of hydrogen-bond acceptors (Lipinski definition) is 2. The van der Waals surface area contributed by atoms with E-state index in [4.69, 9.17) is 0 Å². The standard InChI is InChI=1S/C20H24N2/c1-2-5-16-15(4-1)20-14-10-13-11-18(7-8-19(13,20)21-16)6-3-9-22(12-14)17(18)20/h1-2,4-5,13-14,17,21H,3,6-12H2/t13-,14?,17+,18-,19-,20-/m1/s1. The summed E-state index contributed by atoms with van der Waals surface area (Å²) in [4.78, 5) is 2.95. The normalized spacial score (nSPS) is 55.9. The van der Waals surface area contributed by atoms with Gasteiger partial charge in [-0.3, -0.25) is 4.90 Å². The Morgan fingerprint density at radius 1 is 1.09 bits per heavy atom. The summed E-state index contributed by atoms with van der Waals surface area (Å²) < 4.78 is 0. The molecule has 3 heterocycles. The lowest BCUT2D eigenvalue weighted by atomic mass is 9.41. The fourth-order valence-corrected chi connectivity index (χ4v) is 8.91. The zero-order valence-corrected chi connectivity index (χ0v) is 13.1. The highest BCUT2D eigenvalue weighted by atomic mass is 15.3. The fraction of sp³-hybridized carbons (Fsp3) is 0.700. The van der Waals surface area contributed by atoms with Crippen LogP contribution in [-0.2, 0) is 5.41 Å². The molecule has 4 bridgehead atoms. The average Bonchev–Trinajstić information content (AvgIpc) is 3.08. The number of nitrogens with zero attached hydrogens (tertiary/aromatic N) is 1. The van der Waals surface area contributed by atoms with E-state index in [9.17, 15) is 0 Å². The molecule has 0 amide bonds. The molecule has 6 atom stereocenters. The maximum Gasteiger partial charge on any atom is 0.0518 e. The largest absolute Gasteiger partial charge is 0.378 e. The number of anilines is 1. The molecule has 1 unspecified atom stereocenters. The van der Waals surface area contributed by atoms with Gasteiger partial charge in [0.1, 0.15) is 0 Å². The SMILES string of the molecule is c1ccc2c(c1)N[C@]13CC[C@]45CCCN6CC(C[C@@H]1C4)[C@]23[C@@H]65. The Morgan fingerprint density at radius 3 is 3.05 bits per heavy atom. The molecule has 4 aliphatic carbocycles. The second-order valence-corrected chi connectivity index (χ2v) is 9.21. The van der Waals surface area contributed by atoms with Gasteiger partial charge in [-0.15, -0.1) is 0 Å². The first-order valence-electron chi connectivity index (χ1n) is 9.42. The summed E-state index contributed by atoms with van der Waals surface area (Å²) in [7, 11) is 0. The van der Waals surface area contributed by atoms with Crippen LogP contribution in [0.15, 0.2) is 24.3 Å². The van der Waals surface area contributed by atoms with Gasteiger partial charge >= 0.3 is 0 Å². The van der Waals surface area contributed by atoms with Gasteiger partial charge in [-0.25, -0.2) is 0 Å². The molecule has 2 heteroatoms. The fourth-order valence-electron chi connectivity index (χ4n) is 8.91. The number of benzene rings is 1. The number of nitrogens with one attached hydrogen (secondary N) is 1. The summed E-state index contributed by atoms with van der Waals surface area (Å²) in [5, 5.41) is 4.15. The van der Waals surface area contributed by atoms with Gasteiger partial charge in [0.25, 0.3) is 0 Å². The Bertz CT molecular complexity index is 713. The smallest absolute Gasteiger partial charge is 0.0518 e. The lowest BCUT2D eigenvalue weighted by molar-refractivity contribution is -0.112. The summed E-state index contributed by atoms with van der Waals surface area (Å²) in [6.07, 6.45) is 8.91. The molecule has 22 heavy (non-hydrogen) atoms. The van der Waals surface area contributed by atoms with Crippen LogP contribution in [0.2, 0.25) is 0 Å². The zero-order chi connectivity index (χ0) is 14.2. The molecule has 114 valence electrons. The third-order valence-electron chi connectivity index (χ3n) is 9.00. The second-order valence-electron chi connectivity index (χ2n) is 9.21. The van der Waals surface area contributed by atoms with Crippen molar-refractivity contribution in [1.82, 2.24) is 4.90 Å². The van der Waals surface area contributed by atoms with Crippen molar-refractivity contribution >= 4 is 5.69 Å². The molecule has 6 fully saturated rings. The van der Waals surface area contributed by atoms with Crippen LogP contribution >= 0.6 is 0 Å². The van der Waals surface area contributed by atoms with Crippen molar-refractivity contribution in [2.24, 2.45) is 17.3 Å². The van der Waals surface area contributed by atoms with Gasteiger partial charge in [0, 0.05) is 23.7 Å². The molecule has 8 rings (SSSR count). The highest BCUT2D eigenvalue weighted by molar-refractivity contribution is 5.70. The van der Waals surface area contributed by atoms with Crippen LogP contribution < -0.4 is 5.32 Å². The lowest BCUT2D eigenvalue weighted by Crippen LogP contribution is -2.73. The summed E-state index contributed by atoms with van der Waals surface area (Å²) >= 11 is 0. The van der Waals surface area contributed by atoms with E-state index in [-0.39, 0.29) is 0 Å². The number of hydrogen-bond donors (Lipinski definition) is 1. The van der Waals surface area contributed by atoms with E-state index in [1.807, 2.05) is 0 Å². The molecular weight excluding hydrogens is 268 g/mol. The van der Waals surface area contributed by atoms with Crippen molar-refractivity contribution in [2.45, 2.75) is 55.5 Å². The third kappa shape index (κ3) is 0.850. The first kappa shape index (κ1) is 11.5. The van der Waals surface area contributed by atoms with Gasteiger partial charge in [-0.2, -0.15) is 0 Å². The molecule has 0 aromatic heterocycles. The van der Waals surface area contributed by atoms with Crippen molar-refractivity contribution in [3.63, 3.8) is 0 Å². The van der Waals surface area contributed by atoms with Crippen molar-refractivity contribution in [1.29, 1.82) is 0 Å². The van der Waals surface area contributed by atoms with Crippen LogP contribution in [0.25, 0.3) is 0 Å². The van der Waals surface area contributed by atoms with Crippen LogP contribution in [0.5, 0.6) is 0 Å². The summed E-state index contributed by atoms with van der Waals surface area (Å²) in [5.74, 6) is 1.86. The Balaban J connectivity index is 1.61. The van der Waals surface area contributed by atoms with Crippen LogP contribution in [0.1, 0.15) is 44.1 Å². The van der Waals surface area contributed by atoms with Crippen molar-refractivity contribution in [3.8, 4) is 0 Å². The first-order chi connectivity index (χ1) is 10.8. The minimum atomic E-state index is 0.417. The Hall–Kier alpha value is -1.02. The van der Waals surface area contributed by atoms with Crippen LogP contribution in [0.4, 0.5) is 5.69 Å². The summed E-state index contributed by atoms with van der Waals surface area (Å²) in [6.45, 7) is 2.76. The van der Waals surface area contributed by atoms with E-state index in [2.05, 4.69) is 34.5 Å².